The summed E-state index contributed by atoms with van der Waals surface area (Å²) in [6.07, 6.45) is 0. The average molecular weight is 286 g/mol. The number of carbonyl (C=O) groups is 1. The van der Waals surface area contributed by atoms with E-state index in [1.54, 1.807) is 7.05 Å². The summed E-state index contributed by atoms with van der Waals surface area (Å²) in [4.78, 5) is 13.7. The summed E-state index contributed by atoms with van der Waals surface area (Å²) in [6, 6.07) is 5.59. The van der Waals surface area contributed by atoms with E-state index < -0.39 is 5.79 Å². The van der Waals surface area contributed by atoms with E-state index in [2.05, 4.69) is 15.9 Å². The van der Waals surface area contributed by atoms with Crippen molar-refractivity contribution in [3.8, 4) is 0 Å². The second kappa shape index (κ2) is 3.84. The smallest absolute Gasteiger partial charge is 0.292 e. The first-order valence-corrected chi connectivity index (χ1v) is 5.55. The van der Waals surface area contributed by atoms with Gasteiger partial charge < -0.3 is 14.4 Å². The highest BCUT2D eigenvalue weighted by Crippen LogP contribution is 2.45. The van der Waals surface area contributed by atoms with Gasteiger partial charge in [-0.05, 0) is 12.1 Å². The van der Waals surface area contributed by atoms with Gasteiger partial charge in [0.2, 0.25) is 0 Å². The second-order valence-electron chi connectivity index (χ2n) is 3.52. The summed E-state index contributed by atoms with van der Waals surface area (Å²) >= 11 is 3.42. The number of rotatable bonds is 2. The van der Waals surface area contributed by atoms with Gasteiger partial charge in [-0.1, -0.05) is 22.0 Å². The fourth-order valence-corrected chi connectivity index (χ4v) is 2.63. The van der Waals surface area contributed by atoms with Crippen molar-refractivity contribution in [2.24, 2.45) is 0 Å². The lowest BCUT2D eigenvalue weighted by Crippen LogP contribution is -2.41. The third kappa shape index (κ3) is 1.25. The highest BCUT2D eigenvalue weighted by atomic mass is 79.9. The van der Waals surface area contributed by atoms with Crippen LogP contribution in [0.4, 0.5) is 5.69 Å². The molecule has 0 saturated heterocycles. The Hall–Kier alpha value is -0.910. The molecule has 0 fully saturated rings. The minimum Gasteiger partial charge on any atom is -0.342 e. The number of ether oxygens (including phenoxy) is 2. The first-order valence-electron chi connectivity index (χ1n) is 4.76. The summed E-state index contributed by atoms with van der Waals surface area (Å²) in [5.74, 6) is -1.55. The zero-order valence-electron chi connectivity index (χ0n) is 9.28. The van der Waals surface area contributed by atoms with Gasteiger partial charge in [0.05, 0.1) is 11.3 Å². The number of carbonyl (C=O) groups excluding carboxylic acids is 1. The van der Waals surface area contributed by atoms with E-state index >= 15 is 0 Å². The van der Waals surface area contributed by atoms with Crippen LogP contribution in [0.1, 0.15) is 5.56 Å². The number of methoxy groups -OCH3 is 2. The molecule has 1 aromatic carbocycles. The fraction of sp³-hybridized carbons (Fsp3) is 0.364. The molecule has 1 amide bonds. The van der Waals surface area contributed by atoms with Crippen LogP contribution >= 0.6 is 15.9 Å². The Morgan fingerprint density at radius 2 is 1.94 bits per heavy atom. The van der Waals surface area contributed by atoms with Crippen molar-refractivity contribution >= 4 is 27.5 Å². The quantitative estimate of drug-likeness (QED) is 0.779. The third-order valence-corrected chi connectivity index (χ3v) is 3.50. The molecule has 1 aromatic rings. The van der Waals surface area contributed by atoms with Crippen LogP contribution in [0, 0.1) is 0 Å². The summed E-state index contributed by atoms with van der Waals surface area (Å²) in [5.41, 5.74) is 1.51. The lowest BCUT2D eigenvalue weighted by molar-refractivity contribution is -0.209. The maximum Gasteiger partial charge on any atom is 0.292 e. The molecule has 0 aromatic heterocycles. The van der Waals surface area contributed by atoms with E-state index in [9.17, 15) is 4.79 Å². The number of anilines is 1. The molecule has 5 heteroatoms. The molecular formula is C11H12BrNO3. The lowest BCUT2D eigenvalue weighted by atomic mass is 10.1. The minimum absolute atomic E-state index is 0.223. The lowest BCUT2D eigenvalue weighted by Gasteiger charge is -2.24. The number of benzene rings is 1. The first kappa shape index (κ1) is 11.6. The second-order valence-corrected chi connectivity index (χ2v) is 4.38. The Bertz CT molecular complexity index is 443. The number of halogens is 1. The maximum atomic E-state index is 12.2. The Morgan fingerprint density at radius 1 is 1.31 bits per heavy atom. The van der Waals surface area contributed by atoms with Crippen LogP contribution in [0.25, 0.3) is 0 Å². The van der Waals surface area contributed by atoms with Crippen LogP contribution < -0.4 is 4.90 Å². The third-order valence-electron chi connectivity index (χ3n) is 2.84. The summed E-state index contributed by atoms with van der Waals surface area (Å²) in [5, 5.41) is 0. The summed E-state index contributed by atoms with van der Waals surface area (Å²) < 4.78 is 11.4. The van der Waals surface area contributed by atoms with Gasteiger partial charge in [0.1, 0.15) is 0 Å². The molecule has 1 aliphatic rings. The van der Waals surface area contributed by atoms with Crippen LogP contribution in [0.3, 0.4) is 0 Å². The SMILES string of the molecule is COC1(OC)C(=O)N(C)c2cccc(Br)c21. The number of likely N-dealkylation sites (N-methyl/N-ethyl adjacent to an activating group) is 1. The molecule has 1 heterocycles. The standard InChI is InChI=1S/C11H12BrNO3/c1-13-8-6-4-5-7(12)9(8)11(15-2,16-3)10(13)14/h4-6H,1-3H3. The van der Waals surface area contributed by atoms with Crippen molar-refractivity contribution < 1.29 is 14.3 Å². The van der Waals surface area contributed by atoms with E-state index in [1.165, 1.54) is 19.1 Å². The van der Waals surface area contributed by atoms with Crippen molar-refractivity contribution in [1.82, 2.24) is 0 Å². The van der Waals surface area contributed by atoms with Gasteiger partial charge in [0.15, 0.2) is 0 Å². The molecule has 0 spiro atoms. The Labute approximate surface area is 102 Å². The van der Waals surface area contributed by atoms with Crippen molar-refractivity contribution in [1.29, 1.82) is 0 Å². The van der Waals surface area contributed by atoms with Gasteiger partial charge in [-0.15, -0.1) is 0 Å². The number of hydrogen-bond donors (Lipinski definition) is 0. The van der Waals surface area contributed by atoms with Crippen molar-refractivity contribution in [3.63, 3.8) is 0 Å². The van der Waals surface area contributed by atoms with E-state index in [1.807, 2.05) is 18.2 Å². The maximum absolute atomic E-state index is 12.2. The number of nitrogens with zero attached hydrogens (tertiary/aromatic N) is 1. The van der Waals surface area contributed by atoms with Crippen LogP contribution in [-0.2, 0) is 20.1 Å². The first-order chi connectivity index (χ1) is 7.58. The number of amides is 1. The van der Waals surface area contributed by atoms with Gasteiger partial charge in [-0.2, -0.15) is 0 Å². The van der Waals surface area contributed by atoms with Crippen molar-refractivity contribution in [2.45, 2.75) is 5.79 Å². The Balaban J connectivity index is 2.73. The molecule has 4 nitrogen and oxygen atoms in total. The van der Waals surface area contributed by atoms with E-state index in [4.69, 9.17) is 9.47 Å². The molecule has 1 aliphatic heterocycles. The van der Waals surface area contributed by atoms with Gasteiger partial charge in [0, 0.05) is 25.7 Å². The van der Waals surface area contributed by atoms with Gasteiger partial charge in [0.25, 0.3) is 11.7 Å². The highest BCUT2D eigenvalue weighted by Gasteiger charge is 2.52. The summed E-state index contributed by atoms with van der Waals surface area (Å²) in [7, 11) is 4.63. The van der Waals surface area contributed by atoms with Crippen LogP contribution in [0.5, 0.6) is 0 Å². The van der Waals surface area contributed by atoms with Crippen molar-refractivity contribution in [2.75, 3.05) is 26.2 Å². The van der Waals surface area contributed by atoms with Crippen molar-refractivity contribution in [3.05, 3.63) is 28.2 Å². The van der Waals surface area contributed by atoms with Gasteiger partial charge in [-0.3, -0.25) is 4.79 Å². The molecule has 2 rings (SSSR count). The molecule has 0 aliphatic carbocycles. The predicted octanol–water partition coefficient (Wildman–Crippen LogP) is 1.87. The Morgan fingerprint density at radius 3 is 2.50 bits per heavy atom. The zero-order valence-corrected chi connectivity index (χ0v) is 10.9. The molecular weight excluding hydrogens is 274 g/mol. The molecule has 0 radical (unpaired) electrons. The average Bonchev–Trinajstić information content (AvgIpc) is 2.52. The zero-order chi connectivity index (χ0) is 11.9. The highest BCUT2D eigenvalue weighted by molar-refractivity contribution is 9.10. The monoisotopic (exact) mass is 285 g/mol. The van der Waals surface area contributed by atoms with E-state index in [0.29, 0.717) is 5.56 Å². The van der Waals surface area contributed by atoms with Gasteiger partial charge in [-0.25, -0.2) is 0 Å². The molecule has 0 N–H and O–H groups in total. The number of fused-ring (bicyclic) bond motifs is 1. The fourth-order valence-electron chi connectivity index (χ4n) is 2.02. The van der Waals surface area contributed by atoms with Crippen LogP contribution in [-0.4, -0.2) is 27.2 Å². The number of hydrogen-bond acceptors (Lipinski definition) is 3. The molecule has 0 saturated carbocycles. The van der Waals surface area contributed by atoms with Gasteiger partial charge >= 0.3 is 0 Å². The predicted molar refractivity (Wildman–Crippen MR) is 63.2 cm³/mol. The minimum atomic E-state index is -1.33. The molecule has 16 heavy (non-hydrogen) atoms. The van der Waals surface area contributed by atoms with E-state index in [0.717, 1.165) is 10.2 Å². The van der Waals surface area contributed by atoms with E-state index in [-0.39, 0.29) is 5.91 Å². The topological polar surface area (TPSA) is 38.8 Å². The summed E-state index contributed by atoms with van der Waals surface area (Å²) in [6.45, 7) is 0. The molecule has 0 bridgehead atoms. The molecule has 86 valence electrons. The molecule has 0 atom stereocenters. The normalized spacial score (nSPS) is 17.8. The van der Waals surface area contributed by atoms with Crippen LogP contribution in [0.2, 0.25) is 0 Å². The molecule has 0 unspecified atom stereocenters. The Kier molecular flexibility index (Phi) is 2.77. The van der Waals surface area contributed by atoms with Crippen LogP contribution in [0.15, 0.2) is 22.7 Å². The largest absolute Gasteiger partial charge is 0.342 e.